The number of benzene rings is 1. The quantitative estimate of drug-likeness (QED) is 0.430. The van der Waals surface area contributed by atoms with Crippen LogP contribution >= 0.6 is 22.9 Å². The number of carbonyl (C=O) groups excluding carboxylic acids is 1. The number of ether oxygens (including phenoxy) is 1. The summed E-state index contributed by atoms with van der Waals surface area (Å²) >= 11 is 7.74. The number of fused-ring (bicyclic) bond motifs is 1. The number of carbonyl (C=O) groups is 1. The summed E-state index contributed by atoms with van der Waals surface area (Å²) in [6, 6.07) is 3.56. The third-order valence-corrected chi connectivity index (χ3v) is 9.19. The van der Waals surface area contributed by atoms with Gasteiger partial charge in [0.25, 0.3) is 0 Å². The first-order chi connectivity index (χ1) is 19.1. The monoisotopic (exact) mass is 613 g/mol. The zero-order chi connectivity index (χ0) is 28.2. The molecule has 210 valence electrons. The number of amidine groups is 1. The highest BCUT2D eigenvalue weighted by Gasteiger charge is 2.43. The zero-order valence-electron chi connectivity index (χ0n) is 20.2. The van der Waals surface area contributed by atoms with Gasteiger partial charge >= 0.3 is 22.9 Å². The van der Waals surface area contributed by atoms with E-state index < -0.39 is 40.8 Å². The SMILES string of the molecule is O=C1OCCN1S(=O)(=O)N[C@H]1CC2=C(c3ccn(C(F)F)n3)[C@H](c3ccc(F)cc3Cl)N=C(c3nccs3)N2C1. The second-order valence-electron chi connectivity index (χ2n) is 9.00. The maximum absolute atomic E-state index is 14.0. The third kappa shape index (κ3) is 4.74. The zero-order valence-corrected chi connectivity index (χ0v) is 22.6. The highest BCUT2D eigenvalue weighted by molar-refractivity contribution is 7.87. The van der Waals surface area contributed by atoms with Gasteiger partial charge < -0.3 is 9.64 Å². The normalized spacial score (nSPS) is 21.3. The number of amides is 1. The van der Waals surface area contributed by atoms with Crippen molar-refractivity contribution in [1.29, 1.82) is 0 Å². The predicted molar refractivity (Wildman–Crippen MR) is 138 cm³/mol. The number of rotatable bonds is 7. The standard InChI is InChI=1S/C23H19ClF3N7O4S2/c24-15-9-12(25)1-2-14(15)19-18(16-3-5-33(30-16)22(26)27)17-10-13(31-40(36,37)34-6-7-38-23(34)35)11-32(17)20(29-19)21-28-4-8-39-21/h1-5,8-9,13,19,22,31H,6-7,10-11H2/t13-,19-/m0/s1. The second-order valence-corrected chi connectivity index (χ2v) is 11.9. The van der Waals surface area contributed by atoms with Gasteiger partial charge in [0.15, 0.2) is 10.8 Å². The lowest BCUT2D eigenvalue weighted by atomic mass is 9.92. The first-order valence-corrected chi connectivity index (χ1v) is 14.6. The van der Waals surface area contributed by atoms with Crippen molar-refractivity contribution >= 4 is 50.6 Å². The minimum Gasteiger partial charge on any atom is -0.447 e. The van der Waals surface area contributed by atoms with Crippen molar-refractivity contribution in [2.24, 2.45) is 4.99 Å². The molecule has 2 atom stereocenters. The number of hydrogen-bond donors (Lipinski definition) is 1. The van der Waals surface area contributed by atoms with Crippen LogP contribution in [0.1, 0.15) is 35.3 Å². The van der Waals surface area contributed by atoms with Gasteiger partial charge in [0.2, 0.25) is 0 Å². The van der Waals surface area contributed by atoms with Crippen LogP contribution in [0.3, 0.4) is 0 Å². The van der Waals surface area contributed by atoms with Crippen LogP contribution in [0.5, 0.6) is 0 Å². The van der Waals surface area contributed by atoms with E-state index in [1.807, 2.05) is 0 Å². The molecule has 2 saturated heterocycles. The van der Waals surface area contributed by atoms with E-state index in [0.29, 0.717) is 36.7 Å². The molecule has 5 heterocycles. The molecule has 3 aliphatic heterocycles. The molecule has 17 heteroatoms. The predicted octanol–water partition coefficient (Wildman–Crippen LogP) is 3.80. The summed E-state index contributed by atoms with van der Waals surface area (Å²) in [7, 11) is -4.25. The summed E-state index contributed by atoms with van der Waals surface area (Å²) in [5.41, 5.74) is 1.51. The summed E-state index contributed by atoms with van der Waals surface area (Å²) in [6.07, 6.45) is 1.83. The van der Waals surface area contributed by atoms with Gasteiger partial charge in [-0.25, -0.2) is 18.9 Å². The number of alkyl halides is 2. The molecule has 0 bridgehead atoms. The van der Waals surface area contributed by atoms with E-state index in [2.05, 4.69) is 14.8 Å². The molecule has 0 saturated carbocycles. The number of hydrogen-bond acceptors (Lipinski definition) is 9. The van der Waals surface area contributed by atoms with Gasteiger partial charge in [-0.05, 0) is 18.2 Å². The lowest BCUT2D eigenvalue weighted by molar-refractivity contribution is 0.0564. The topological polar surface area (TPSA) is 122 Å². The maximum Gasteiger partial charge on any atom is 0.424 e. The molecule has 0 radical (unpaired) electrons. The van der Waals surface area contributed by atoms with Crippen LogP contribution in [0.4, 0.5) is 18.0 Å². The van der Waals surface area contributed by atoms with Crippen LogP contribution in [0.2, 0.25) is 5.02 Å². The minimum absolute atomic E-state index is 0.0560. The van der Waals surface area contributed by atoms with Crippen molar-refractivity contribution in [3.8, 4) is 0 Å². The number of aliphatic imine (C=N–C) groups is 1. The Labute approximate surface area is 234 Å². The molecule has 1 amide bonds. The molecule has 40 heavy (non-hydrogen) atoms. The number of thiazole rings is 1. The molecule has 2 fully saturated rings. The molecule has 0 unspecified atom stereocenters. The van der Waals surface area contributed by atoms with Crippen molar-refractivity contribution < 1.29 is 31.1 Å². The highest BCUT2D eigenvalue weighted by Crippen LogP contribution is 2.46. The summed E-state index contributed by atoms with van der Waals surface area (Å²) in [5.74, 6) is -0.169. The maximum atomic E-state index is 14.0. The average molecular weight is 614 g/mol. The van der Waals surface area contributed by atoms with Crippen LogP contribution in [-0.2, 0) is 14.9 Å². The van der Waals surface area contributed by atoms with Crippen LogP contribution in [0.25, 0.3) is 5.57 Å². The van der Waals surface area contributed by atoms with E-state index in [-0.39, 0.29) is 36.8 Å². The fourth-order valence-corrected chi connectivity index (χ4v) is 7.09. The summed E-state index contributed by atoms with van der Waals surface area (Å²) < 4.78 is 75.3. The van der Waals surface area contributed by atoms with Crippen LogP contribution in [0, 0.1) is 5.82 Å². The largest absolute Gasteiger partial charge is 0.447 e. The lowest BCUT2D eigenvalue weighted by Crippen LogP contribution is -2.47. The van der Waals surface area contributed by atoms with E-state index in [1.165, 1.54) is 29.5 Å². The summed E-state index contributed by atoms with van der Waals surface area (Å²) in [6.45, 7) is -2.98. The van der Waals surface area contributed by atoms with Crippen LogP contribution in [0.15, 0.2) is 52.7 Å². The van der Waals surface area contributed by atoms with Gasteiger partial charge in [-0.1, -0.05) is 17.7 Å². The van der Waals surface area contributed by atoms with Gasteiger partial charge in [0, 0.05) is 58.6 Å². The smallest absolute Gasteiger partial charge is 0.424 e. The van der Waals surface area contributed by atoms with Crippen molar-refractivity contribution in [2.45, 2.75) is 25.1 Å². The Morgan fingerprint density at radius 1 is 1.25 bits per heavy atom. The Morgan fingerprint density at radius 3 is 2.73 bits per heavy atom. The number of nitrogens with zero attached hydrogens (tertiary/aromatic N) is 6. The minimum atomic E-state index is -4.25. The average Bonchev–Trinajstić information content (AvgIpc) is 3.69. The number of halogens is 4. The van der Waals surface area contributed by atoms with Crippen molar-refractivity contribution in [1.82, 2.24) is 28.7 Å². The summed E-state index contributed by atoms with van der Waals surface area (Å²) in [5, 5.41) is 6.38. The second kappa shape index (κ2) is 10.2. The molecule has 2 aromatic heterocycles. The van der Waals surface area contributed by atoms with Crippen LogP contribution < -0.4 is 4.72 Å². The molecule has 3 aromatic rings. The molecule has 0 spiro atoms. The first kappa shape index (κ1) is 26.7. The molecule has 6 rings (SSSR count). The van der Waals surface area contributed by atoms with E-state index >= 15 is 0 Å². The molecular formula is C23H19ClF3N7O4S2. The Hall–Kier alpha value is -3.47. The van der Waals surface area contributed by atoms with E-state index in [4.69, 9.17) is 21.3 Å². The number of nitrogens with one attached hydrogen (secondary N) is 1. The Balaban J connectivity index is 1.48. The molecule has 1 aromatic carbocycles. The first-order valence-electron chi connectivity index (χ1n) is 11.9. The van der Waals surface area contributed by atoms with Gasteiger partial charge in [-0.3, -0.25) is 4.99 Å². The Morgan fingerprint density at radius 2 is 2.08 bits per heavy atom. The van der Waals surface area contributed by atoms with Gasteiger partial charge in [-0.15, -0.1) is 11.3 Å². The van der Waals surface area contributed by atoms with Crippen molar-refractivity contribution in [3.63, 3.8) is 0 Å². The Kier molecular flexibility index (Phi) is 6.80. The third-order valence-electron chi connectivity index (χ3n) is 6.55. The van der Waals surface area contributed by atoms with Crippen molar-refractivity contribution in [3.05, 3.63) is 74.8 Å². The summed E-state index contributed by atoms with van der Waals surface area (Å²) in [4.78, 5) is 22.9. The lowest BCUT2D eigenvalue weighted by Gasteiger charge is -2.32. The molecule has 3 aliphatic rings. The van der Waals surface area contributed by atoms with Crippen molar-refractivity contribution in [2.75, 3.05) is 19.7 Å². The fraction of sp³-hybridized carbons (Fsp3) is 0.304. The van der Waals surface area contributed by atoms with Gasteiger partial charge in [0.05, 0.1) is 12.2 Å². The number of cyclic esters (lactones) is 1. The fourth-order valence-electron chi connectivity index (χ4n) is 4.90. The van der Waals surface area contributed by atoms with Gasteiger partial charge in [0.1, 0.15) is 18.5 Å². The van der Waals surface area contributed by atoms with Gasteiger partial charge in [-0.2, -0.15) is 31.3 Å². The highest BCUT2D eigenvalue weighted by atomic mass is 35.5. The molecule has 11 nitrogen and oxygen atoms in total. The molecule has 1 N–H and O–H groups in total. The Bertz CT molecular complexity index is 1650. The van der Waals surface area contributed by atoms with E-state index in [0.717, 1.165) is 12.3 Å². The van der Waals surface area contributed by atoms with E-state index in [1.54, 1.807) is 16.5 Å². The molecule has 0 aliphatic carbocycles. The van der Waals surface area contributed by atoms with E-state index in [9.17, 15) is 26.4 Å². The number of aromatic nitrogens is 3. The molecular weight excluding hydrogens is 595 g/mol. The van der Waals surface area contributed by atoms with Crippen LogP contribution in [-0.4, -0.2) is 70.1 Å².